The summed E-state index contributed by atoms with van der Waals surface area (Å²) in [5, 5.41) is 11.4. The number of nitrogens with one attached hydrogen (secondary N) is 1. The predicted octanol–water partition coefficient (Wildman–Crippen LogP) is 3.57. The van der Waals surface area contributed by atoms with Crippen molar-refractivity contribution in [3.05, 3.63) is 64.7 Å². The minimum Gasteiger partial charge on any atom is -0.393 e. The molecule has 1 aliphatic rings. The van der Waals surface area contributed by atoms with E-state index in [-0.39, 0.29) is 25.9 Å². The number of anilines is 1. The zero-order valence-electron chi connectivity index (χ0n) is 15.8. The summed E-state index contributed by atoms with van der Waals surface area (Å²) in [6, 6.07) is 2.80. The van der Waals surface area contributed by atoms with Gasteiger partial charge in [-0.15, -0.1) is 0 Å². The molecule has 2 amide bonds. The molecule has 2 aromatic rings. The van der Waals surface area contributed by atoms with E-state index in [0.29, 0.717) is 24.3 Å². The Morgan fingerprint density at radius 2 is 1.55 bits per heavy atom. The van der Waals surface area contributed by atoms with Gasteiger partial charge in [0.25, 0.3) is 11.8 Å². The Morgan fingerprint density at radius 1 is 0.968 bits per heavy atom. The van der Waals surface area contributed by atoms with Crippen molar-refractivity contribution in [1.29, 1.82) is 0 Å². The molecule has 1 aliphatic heterocycles. The van der Waals surface area contributed by atoms with Crippen LogP contribution in [0.2, 0.25) is 0 Å². The fourth-order valence-electron chi connectivity index (χ4n) is 3.12. The highest BCUT2D eigenvalue weighted by Crippen LogP contribution is 2.34. The van der Waals surface area contributed by atoms with Gasteiger partial charge in [0.15, 0.2) is 17.5 Å². The van der Waals surface area contributed by atoms with Crippen LogP contribution in [0, 0.1) is 23.3 Å². The number of aliphatic hydroxyl groups excluding tert-OH is 1. The maximum Gasteiger partial charge on any atom is 0.352 e. The summed E-state index contributed by atoms with van der Waals surface area (Å²) in [4.78, 5) is 25.3. The number of benzene rings is 2. The van der Waals surface area contributed by atoms with Gasteiger partial charge in [-0.3, -0.25) is 9.59 Å². The fourth-order valence-corrected chi connectivity index (χ4v) is 3.12. The molecule has 0 spiro atoms. The van der Waals surface area contributed by atoms with Gasteiger partial charge in [0, 0.05) is 36.5 Å². The zero-order chi connectivity index (χ0) is 22.9. The molecule has 0 radical (unpaired) electrons. The molecule has 0 aromatic heterocycles. The quantitative estimate of drug-likeness (QED) is 0.558. The van der Waals surface area contributed by atoms with E-state index in [1.807, 2.05) is 5.32 Å². The number of nitrogens with zero attached hydrogens (tertiary/aromatic N) is 1. The number of hydrogen-bond donors (Lipinski definition) is 2. The van der Waals surface area contributed by atoms with Gasteiger partial charge in [0.05, 0.1) is 11.7 Å². The summed E-state index contributed by atoms with van der Waals surface area (Å²) >= 11 is 0. The second kappa shape index (κ2) is 8.58. The summed E-state index contributed by atoms with van der Waals surface area (Å²) in [6.45, 7) is -0.280. The Hall–Kier alpha value is -3.08. The average Bonchev–Trinajstić information content (AvgIpc) is 2.72. The molecule has 166 valence electrons. The molecule has 0 saturated carbocycles. The van der Waals surface area contributed by atoms with Gasteiger partial charge in [-0.05, 0) is 31.0 Å². The topological polar surface area (TPSA) is 69.6 Å². The number of carbonyl (C=O) groups excluding carboxylic acids is 2. The van der Waals surface area contributed by atoms with E-state index < -0.39 is 63.9 Å². The van der Waals surface area contributed by atoms with Crippen LogP contribution in [0.5, 0.6) is 0 Å². The third kappa shape index (κ3) is 4.66. The lowest BCUT2D eigenvalue weighted by molar-refractivity contribution is -0.161. The summed E-state index contributed by atoms with van der Waals surface area (Å²) in [5.74, 6) is -13.5. The largest absolute Gasteiger partial charge is 0.393 e. The lowest BCUT2D eigenvalue weighted by atomic mass is 10.0. The van der Waals surface area contributed by atoms with Gasteiger partial charge in [0.1, 0.15) is 5.82 Å². The number of halogens is 6. The van der Waals surface area contributed by atoms with E-state index in [1.54, 1.807) is 0 Å². The van der Waals surface area contributed by atoms with Crippen LogP contribution in [0.4, 0.5) is 32.0 Å². The highest BCUT2D eigenvalue weighted by Gasteiger charge is 2.46. The monoisotopic (exact) mass is 446 g/mol. The number of aliphatic hydroxyl groups is 1. The molecular weight excluding hydrogens is 430 g/mol. The van der Waals surface area contributed by atoms with Gasteiger partial charge in [0.2, 0.25) is 0 Å². The number of amides is 2. The van der Waals surface area contributed by atoms with Crippen molar-refractivity contribution in [2.75, 3.05) is 18.4 Å². The molecule has 5 nitrogen and oxygen atoms in total. The molecule has 2 N–H and O–H groups in total. The summed E-state index contributed by atoms with van der Waals surface area (Å²) in [5.41, 5.74) is -2.38. The molecule has 1 heterocycles. The van der Waals surface area contributed by atoms with Crippen LogP contribution in [0.1, 0.15) is 28.8 Å². The van der Waals surface area contributed by atoms with Crippen molar-refractivity contribution in [1.82, 2.24) is 4.90 Å². The van der Waals surface area contributed by atoms with Crippen molar-refractivity contribution in [3.8, 4) is 0 Å². The second-order valence-corrected chi connectivity index (χ2v) is 7.00. The van der Waals surface area contributed by atoms with Crippen LogP contribution in [0.25, 0.3) is 0 Å². The van der Waals surface area contributed by atoms with Crippen molar-refractivity contribution >= 4 is 17.5 Å². The van der Waals surface area contributed by atoms with Crippen molar-refractivity contribution in [3.63, 3.8) is 0 Å². The van der Waals surface area contributed by atoms with E-state index in [0.717, 1.165) is 11.0 Å². The highest BCUT2D eigenvalue weighted by atomic mass is 19.3. The molecule has 2 aromatic carbocycles. The number of likely N-dealkylation sites (tertiary alicyclic amines) is 1. The van der Waals surface area contributed by atoms with E-state index in [4.69, 9.17) is 0 Å². The summed E-state index contributed by atoms with van der Waals surface area (Å²) in [7, 11) is 0. The first-order valence-electron chi connectivity index (χ1n) is 9.12. The summed E-state index contributed by atoms with van der Waals surface area (Å²) < 4.78 is 83.2. The van der Waals surface area contributed by atoms with Gasteiger partial charge in [-0.1, -0.05) is 0 Å². The molecule has 0 atom stereocenters. The van der Waals surface area contributed by atoms with E-state index in [9.17, 15) is 41.0 Å². The van der Waals surface area contributed by atoms with Gasteiger partial charge in [-0.2, -0.15) is 8.78 Å². The Morgan fingerprint density at radius 3 is 2.13 bits per heavy atom. The van der Waals surface area contributed by atoms with Gasteiger partial charge < -0.3 is 15.3 Å². The maximum atomic E-state index is 14.7. The lowest BCUT2D eigenvalue weighted by Gasteiger charge is -2.32. The SMILES string of the molecule is O=C(Nc1cc(F)c(F)c(F)c1)c1ccc(F)c(C(F)(F)C(=O)N2CCC(O)CC2)c1. The van der Waals surface area contributed by atoms with Crippen LogP contribution in [0.15, 0.2) is 30.3 Å². The standard InChI is InChI=1S/C20H16F6N2O3/c21-14-2-1-10(18(30)27-11-8-15(22)17(24)16(23)9-11)7-13(14)20(25,26)19(31)28-5-3-12(29)4-6-28/h1-2,7-9,12,29H,3-6H2,(H,27,30). The number of piperidine rings is 1. The van der Waals surface area contributed by atoms with Gasteiger partial charge >= 0.3 is 5.92 Å². The molecule has 0 unspecified atom stereocenters. The minimum absolute atomic E-state index is 0.0948. The van der Waals surface area contributed by atoms with E-state index in [1.165, 1.54) is 0 Å². The molecule has 0 aliphatic carbocycles. The predicted molar refractivity (Wildman–Crippen MR) is 96.4 cm³/mol. The number of alkyl halides is 2. The molecule has 31 heavy (non-hydrogen) atoms. The Kier molecular flexibility index (Phi) is 6.25. The third-order valence-corrected chi connectivity index (χ3v) is 4.83. The second-order valence-electron chi connectivity index (χ2n) is 7.00. The average molecular weight is 446 g/mol. The number of hydrogen-bond acceptors (Lipinski definition) is 3. The first kappa shape index (κ1) is 22.6. The number of rotatable bonds is 4. The van der Waals surface area contributed by atoms with Crippen molar-refractivity contribution < 1.29 is 41.0 Å². The van der Waals surface area contributed by atoms with Crippen LogP contribution in [0.3, 0.4) is 0 Å². The first-order chi connectivity index (χ1) is 14.5. The molecule has 1 saturated heterocycles. The summed E-state index contributed by atoms with van der Waals surface area (Å²) in [6.07, 6.45) is -0.530. The third-order valence-electron chi connectivity index (χ3n) is 4.83. The zero-order valence-corrected chi connectivity index (χ0v) is 15.8. The minimum atomic E-state index is -4.31. The molecule has 0 bridgehead atoms. The number of carbonyl (C=O) groups is 2. The Balaban J connectivity index is 1.85. The molecular formula is C20H16F6N2O3. The van der Waals surface area contributed by atoms with Gasteiger partial charge in [-0.25, -0.2) is 17.6 Å². The van der Waals surface area contributed by atoms with Crippen molar-refractivity contribution in [2.45, 2.75) is 24.9 Å². The van der Waals surface area contributed by atoms with Crippen molar-refractivity contribution in [2.24, 2.45) is 0 Å². The first-order valence-corrected chi connectivity index (χ1v) is 9.12. The van der Waals surface area contributed by atoms with Crippen LogP contribution in [-0.4, -0.2) is 41.0 Å². The lowest BCUT2D eigenvalue weighted by Crippen LogP contribution is -2.47. The smallest absolute Gasteiger partial charge is 0.352 e. The van der Waals surface area contributed by atoms with Crippen LogP contribution >= 0.6 is 0 Å². The fraction of sp³-hybridized carbons (Fsp3) is 0.300. The normalized spacial score (nSPS) is 15.1. The maximum absolute atomic E-state index is 14.7. The molecule has 3 rings (SSSR count). The van der Waals surface area contributed by atoms with Crippen LogP contribution < -0.4 is 5.32 Å². The Bertz CT molecular complexity index is 999. The van der Waals surface area contributed by atoms with E-state index in [2.05, 4.69) is 0 Å². The highest BCUT2D eigenvalue weighted by molar-refractivity contribution is 6.04. The Labute approximate surface area is 172 Å². The molecule has 1 fully saturated rings. The molecule has 11 heteroatoms. The van der Waals surface area contributed by atoms with Crippen LogP contribution in [-0.2, 0) is 10.7 Å². The van der Waals surface area contributed by atoms with E-state index >= 15 is 0 Å².